The topological polar surface area (TPSA) is 67.2 Å². The van der Waals surface area contributed by atoms with Crippen LogP contribution in [0.25, 0.3) is 21.9 Å². The Bertz CT molecular complexity index is 1130. The molecule has 0 spiro atoms. The fourth-order valence-corrected chi connectivity index (χ4v) is 4.21. The Morgan fingerprint density at radius 3 is 2.56 bits per heavy atom. The van der Waals surface area contributed by atoms with Crippen LogP contribution >= 0.6 is 11.8 Å². The Morgan fingerprint density at radius 2 is 1.78 bits per heavy atom. The molecule has 0 heterocycles. The predicted octanol–water partition coefficient (Wildman–Crippen LogP) is 4.60. The van der Waals surface area contributed by atoms with E-state index in [1.54, 1.807) is 0 Å². The molecular weight excluding hydrogens is 358 g/mol. The number of carbonyl (C=O) groups is 2. The van der Waals surface area contributed by atoms with Crippen LogP contribution in [0.3, 0.4) is 0 Å². The lowest BCUT2D eigenvalue weighted by atomic mass is 9.83. The molecule has 0 saturated carbocycles. The first-order valence-electron chi connectivity index (χ1n) is 8.52. The van der Waals surface area contributed by atoms with Gasteiger partial charge in [0.1, 0.15) is 6.07 Å². The van der Waals surface area contributed by atoms with Gasteiger partial charge in [0, 0.05) is 21.4 Å². The highest BCUT2D eigenvalue weighted by atomic mass is 32.2. The molecule has 0 aliphatic heterocycles. The van der Waals surface area contributed by atoms with E-state index in [9.17, 15) is 9.59 Å². The van der Waals surface area contributed by atoms with E-state index in [1.165, 1.54) is 18.7 Å². The minimum atomic E-state index is -0.761. The van der Waals surface area contributed by atoms with E-state index in [2.05, 4.69) is 0 Å². The number of nitrogens with zero attached hydrogens (tertiary/aromatic N) is 1. The monoisotopic (exact) mass is 373 g/mol. The molecule has 132 valence electrons. The van der Waals surface area contributed by atoms with E-state index >= 15 is 0 Å². The number of carbonyl (C=O) groups excluding carboxylic acids is 2. The lowest BCUT2D eigenvalue weighted by Crippen LogP contribution is -2.14. The van der Waals surface area contributed by atoms with Gasteiger partial charge < -0.3 is 4.74 Å². The van der Waals surface area contributed by atoms with Gasteiger partial charge in [-0.1, -0.05) is 48.5 Å². The fourth-order valence-electron chi connectivity index (χ4n) is 3.37. The van der Waals surface area contributed by atoms with Gasteiger partial charge in [-0.2, -0.15) is 5.26 Å². The van der Waals surface area contributed by atoms with E-state index in [4.69, 9.17) is 10.00 Å². The Morgan fingerprint density at radius 1 is 1.04 bits per heavy atom. The number of nitriles is 1. The highest BCUT2D eigenvalue weighted by molar-refractivity contribution is 8.00. The standard InChI is InChI=1S/C22H15NO3S/c1-13(11-23)26-20(24)12-27-19-10-9-15-14-5-2-3-6-16(14)22(25)18-8-4-7-17(19)21(15)18/h2-10,13H,12H2,1H3. The minimum absolute atomic E-state index is 0.0214. The Balaban J connectivity index is 1.75. The molecule has 27 heavy (non-hydrogen) atoms. The lowest BCUT2D eigenvalue weighted by molar-refractivity contribution is -0.142. The summed E-state index contributed by atoms with van der Waals surface area (Å²) in [5.74, 6) is -0.307. The predicted molar refractivity (Wildman–Crippen MR) is 105 cm³/mol. The minimum Gasteiger partial charge on any atom is -0.447 e. The number of hydrogen-bond donors (Lipinski definition) is 0. The van der Waals surface area contributed by atoms with Crippen LogP contribution in [0.2, 0.25) is 0 Å². The molecule has 3 aromatic rings. The Hall–Kier alpha value is -3.10. The smallest absolute Gasteiger partial charge is 0.317 e. The highest BCUT2D eigenvalue weighted by Crippen LogP contribution is 2.42. The molecule has 0 fully saturated rings. The van der Waals surface area contributed by atoms with E-state index in [0.717, 1.165) is 26.8 Å². The van der Waals surface area contributed by atoms with Crippen LogP contribution in [-0.4, -0.2) is 23.6 Å². The second kappa shape index (κ2) is 6.90. The number of benzene rings is 3. The zero-order valence-electron chi connectivity index (χ0n) is 14.6. The summed E-state index contributed by atoms with van der Waals surface area (Å²) in [7, 11) is 0. The Kier molecular flexibility index (Phi) is 4.43. The van der Waals surface area contributed by atoms with Gasteiger partial charge in [0.2, 0.25) is 0 Å². The van der Waals surface area contributed by atoms with Crippen molar-refractivity contribution in [1.82, 2.24) is 0 Å². The first-order valence-corrected chi connectivity index (χ1v) is 9.50. The summed E-state index contributed by atoms with van der Waals surface area (Å²) in [5.41, 5.74) is 3.36. The number of ketones is 1. The van der Waals surface area contributed by atoms with Gasteiger partial charge in [0.15, 0.2) is 11.9 Å². The van der Waals surface area contributed by atoms with Crippen molar-refractivity contribution in [2.45, 2.75) is 17.9 Å². The summed E-state index contributed by atoms with van der Waals surface area (Å²) in [6, 6.07) is 19.2. The maximum Gasteiger partial charge on any atom is 0.317 e. The molecule has 1 atom stereocenters. The number of rotatable bonds is 4. The number of hydrogen-bond acceptors (Lipinski definition) is 5. The largest absolute Gasteiger partial charge is 0.447 e. The van der Waals surface area contributed by atoms with Gasteiger partial charge >= 0.3 is 5.97 Å². The summed E-state index contributed by atoms with van der Waals surface area (Å²) < 4.78 is 5.00. The van der Waals surface area contributed by atoms with Crippen LogP contribution in [0.1, 0.15) is 22.8 Å². The maximum atomic E-state index is 12.9. The van der Waals surface area contributed by atoms with Gasteiger partial charge in [0.25, 0.3) is 0 Å². The molecule has 0 saturated heterocycles. The zero-order valence-corrected chi connectivity index (χ0v) is 15.4. The van der Waals surface area contributed by atoms with Crippen molar-refractivity contribution in [2.24, 2.45) is 0 Å². The van der Waals surface area contributed by atoms with Crippen LogP contribution < -0.4 is 0 Å². The molecule has 0 N–H and O–H groups in total. The summed E-state index contributed by atoms with van der Waals surface area (Å²) in [4.78, 5) is 25.7. The van der Waals surface area contributed by atoms with Crippen molar-refractivity contribution in [1.29, 1.82) is 5.26 Å². The Labute approximate surface area is 160 Å². The van der Waals surface area contributed by atoms with E-state index < -0.39 is 12.1 Å². The molecular formula is C22H15NO3S. The number of ether oxygens (including phenoxy) is 1. The van der Waals surface area contributed by atoms with Gasteiger partial charge in [-0.15, -0.1) is 11.8 Å². The molecule has 3 aromatic carbocycles. The number of thioether (sulfide) groups is 1. The van der Waals surface area contributed by atoms with Crippen LogP contribution in [-0.2, 0) is 9.53 Å². The van der Waals surface area contributed by atoms with Crippen molar-refractivity contribution >= 4 is 34.3 Å². The number of esters is 1. The maximum absolute atomic E-state index is 12.9. The summed E-state index contributed by atoms with van der Waals surface area (Å²) in [5, 5.41) is 10.6. The van der Waals surface area contributed by atoms with Gasteiger partial charge in [-0.25, -0.2) is 0 Å². The van der Waals surface area contributed by atoms with Crippen molar-refractivity contribution in [3.63, 3.8) is 0 Å². The quantitative estimate of drug-likeness (QED) is 0.386. The van der Waals surface area contributed by atoms with Crippen molar-refractivity contribution in [2.75, 3.05) is 5.75 Å². The first kappa shape index (κ1) is 17.3. The fraction of sp³-hybridized carbons (Fsp3) is 0.136. The summed E-state index contributed by atoms with van der Waals surface area (Å²) in [6.07, 6.45) is -0.761. The first-order chi connectivity index (χ1) is 13.1. The second-order valence-electron chi connectivity index (χ2n) is 6.26. The van der Waals surface area contributed by atoms with Gasteiger partial charge in [-0.05, 0) is 29.5 Å². The molecule has 0 amide bonds. The summed E-state index contributed by atoms with van der Waals surface area (Å²) in [6.45, 7) is 1.54. The lowest BCUT2D eigenvalue weighted by Gasteiger charge is -2.21. The molecule has 1 aliphatic carbocycles. The van der Waals surface area contributed by atoms with E-state index in [0.29, 0.717) is 11.1 Å². The molecule has 1 unspecified atom stereocenters. The molecule has 1 aliphatic rings. The average molecular weight is 373 g/mol. The molecule has 4 nitrogen and oxygen atoms in total. The van der Waals surface area contributed by atoms with Crippen LogP contribution in [0, 0.1) is 11.3 Å². The van der Waals surface area contributed by atoms with Crippen LogP contribution in [0.4, 0.5) is 0 Å². The number of fused-ring (bicyclic) bond motifs is 2. The van der Waals surface area contributed by atoms with Crippen molar-refractivity contribution in [3.05, 3.63) is 65.7 Å². The third kappa shape index (κ3) is 2.98. The molecule has 4 rings (SSSR count). The van der Waals surface area contributed by atoms with E-state index in [1.807, 2.05) is 60.7 Å². The highest BCUT2D eigenvalue weighted by Gasteiger charge is 2.25. The second-order valence-corrected chi connectivity index (χ2v) is 7.28. The normalized spacial score (nSPS) is 13.0. The van der Waals surface area contributed by atoms with Gasteiger partial charge in [0.05, 0.1) is 5.75 Å². The van der Waals surface area contributed by atoms with Gasteiger partial charge in [-0.3, -0.25) is 9.59 Å². The SMILES string of the molecule is CC(C#N)OC(=O)CSc1ccc2c3c(cccc13)C(=O)c1ccccc1-2. The summed E-state index contributed by atoms with van der Waals surface area (Å²) >= 11 is 1.35. The van der Waals surface area contributed by atoms with Crippen LogP contribution in [0.5, 0.6) is 0 Å². The van der Waals surface area contributed by atoms with Crippen LogP contribution in [0.15, 0.2) is 59.5 Å². The molecule has 5 heteroatoms. The molecule has 0 bridgehead atoms. The average Bonchev–Trinajstić information content (AvgIpc) is 2.70. The third-order valence-corrected chi connectivity index (χ3v) is 5.59. The molecule has 0 radical (unpaired) electrons. The van der Waals surface area contributed by atoms with Crippen molar-refractivity contribution in [3.8, 4) is 17.2 Å². The molecule has 0 aromatic heterocycles. The zero-order chi connectivity index (χ0) is 19.0. The third-order valence-electron chi connectivity index (χ3n) is 4.54. The van der Waals surface area contributed by atoms with E-state index in [-0.39, 0.29) is 11.5 Å². The van der Waals surface area contributed by atoms with Crippen molar-refractivity contribution < 1.29 is 14.3 Å².